The topological polar surface area (TPSA) is 131 Å². The molecule has 2 aliphatic rings. The van der Waals surface area contributed by atoms with Gasteiger partial charge in [-0.3, -0.25) is 19.2 Å². The second-order valence-electron chi connectivity index (χ2n) is 13.8. The van der Waals surface area contributed by atoms with Gasteiger partial charge < -0.3 is 25.8 Å². The highest BCUT2D eigenvalue weighted by molar-refractivity contribution is 7.96. The van der Waals surface area contributed by atoms with E-state index in [0.717, 1.165) is 53.9 Å². The summed E-state index contributed by atoms with van der Waals surface area (Å²) >= 11 is 1.88. The lowest BCUT2D eigenvalue weighted by molar-refractivity contribution is -0.126. The van der Waals surface area contributed by atoms with Crippen LogP contribution in [0.15, 0.2) is 42.5 Å². The number of imide groups is 1. The molecule has 0 radical (unpaired) electrons. The number of hydrogen-bond donors (Lipinski definition) is 3. The number of amides is 6. The fourth-order valence-corrected chi connectivity index (χ4v) is 7.67. The molecule has 2 fully saturated rings. The molecular weight excluding hydrogens is 677 g/mol. The third-order valence-corrected chi connectivity index (χ3v) is 11.1. The number of carbonyl (C=O) groups is 5. The van der Waals surface area contributed by atoms with Crippen LogP contribution < -0.4 is 16.0 Å². The van der Waals surface area contributed by atoms with Gasteiger partial charge in [0.2, 0.25) is 25.1 Å². The molecule has 4 rings (SSSR count). The van der Waals surface area contributed by atoms with Crippen molar-refractivity contribution in [3.8, 4) is 0 Å². The molecule has 52 heavy (non-hydrogen) atoms. The number of nitrogens with one attached hydrogen (secondary N) is 3. The van der Waals surface area contributed by atoms with Crippen LogP contribution >= 0.6 is 11.9 Å². The van der Waals surface area contributed by atoms with Gasteiger partial charge in [0.25, 0.3) is 0 Å². The summed E-state index contributed by atoms with van der Waals surface area (Å²) in [6.45, 7) is 18.1. The van der Waals surface area contributed by atoms with Crippen molar-refractivity contribution in [2.75, 3.05) is 25.0 Å². The zero-order chi connectivity index (χ0) is 38.5. The first kappa shape index (κ1) is 44.3. The molecule has 0 aromatic heterocycles. The van der Waals surface area contributed by atoms with Crippen LogP contribution in [0.1, 0.15) is 109 Å². The molecule has 1 unspecified atom stereocenters. The molecule has 6 amide bonds. The summed E-state index contributed by atoms with van der Waals surface area (Å²) in [5, 5.41) is 7.97. The quantitative estimate of drug-likeness (QED) is 0.132. The van der Waals surface area contributed by atoms with Crippen molar-refractivity contribution in [2.45, 2.75) is 124 Å². The lowest BCUT2D eigenvalue weighted by Gasteiger charge is -2.41. The summed E-state index contributed by atoms with van der Waals surface area (Å²) in [5.41, 5.74) is 5.47. The Labute approximate surface area is 316 Å². The molecule has 0 aliphatic carbocycles. The maximum absolute atomic E-state index is 13.2. The van der Waals surface area contributed by atoms with Crippen molar-refractivity contribution < 1.29 is 24.0 Å². The van der Waals surface area contributed by atoms with Crippen molar-refractivity contribution in [3.05, 3.63) is 64.7 Å². The number of benzene rings is 2. The molecule has 2 aromatic carbocycles. The summed E-state index contributed by atoms with van der Waals surface area (Å²) in [4.78, 5) is 59.9. The molecule has 11 nitrogen and oxygen atoms in total. The first-order valence-corrected chi connectivity index (χ1v) is 19.7. The molecule has 288 valence electrons. The number of likely N-dealkylation sites (tertiary alicyclic amines) is 1. The number of carbonyl (C=O) groups excluding carboxylic acids is 5. The van der Waals surface area contributed by atoms with Gasteiger partial charge in [-0.25, -0.2) is 9.10 Å². The molecule has 2 aromatic rings. The van der Waals surface area contributed by atoms with E-state index in [-0.39, 0.29) is 29.4 Å². The largest absolute Gasteiger partial charge is 0.352 e. The fraction of sp³-hybridized carbons (Fsp3) is 0.575. The minimum Gasteiger partial charge on any atom is -0.352 e. The molecular formula is C40H62N6O5S. The van der Waals surface area contributed by atoms with E-state index in [4.69, 9.17) is 9.59 Å². The fourth-order valence-electron chi connectivity index (χ4n) is 6.49. The van der Waals surface area contributed by atoms with Crippen LogP contribution in [-0.2, 0) is 38.0 Å². The second kappa shape index (κ2) is 23.6. The van der Waals surface area contributed by atoms with Gasteiger partial charge in [0.1, 0.15) is 0 Å². The lowest BCUT2D eigenvalue weighted by atomic mass is 9.93. The maximum Gasteiger partial charge on any atom is 0.321 e. The van der Waals surface area contributed by atoms with Gasteiger partial charge in [0, 0.05) is 61.7 Å². The SMILES string of the molecule is CC.CCCC(C)N(C=O)Cc1c(C)cccc1CNC(=O)C1CCN(C(=O)Nc2cccc(CSN3CCCCC3(C)C)c2)CC1.O=CNC=O. The molecule has 0 spiro atoms. The average molecular weight is 739 g/mol. The second-order valence-corrected chi connectivity index (χ2v) is 14.8. The Balaban J connectivity index is 0.00000123. The van der Waals surface area contributed by atoms with Crippen LogP contribution in [0.2, 0.25) is 0 Å². The van der Waals surface area contributed by atoms with Crippen LogP contribution in [0.3, 0.4) is 0 Å². The number of rotatable bonds is 15. The predicted molar refractivity (Wildman–Crippen MR) is 211 cm³/mol. The van der Waals surface area contributed by atoms with E-state index < -0.39 is 0 Å². The Morgan fingerprint density at radius 1 is 1.02 bits per heavy atom. The number of aryl methyl sites for hydroxylation is 1. The summed E-state index contributed by atoms with van der Waals surface area (Å²) < 4.78 is 2.51. The van der Waals surface area contributed by atoms with E-state index in [9.17, 15) is 14.4 Å². The van der Waals surface area contributed by atoms with Crippen LogP contribution in [0.25, 0.3) is 0 Å². The molecule has 1 atom stereocenters. The minimum absolute atomic E-state index is 0.0243. The number of piperidine rings is 2. The predicted octanol–water partition coefficient (Wildman–Crippen LogP) is 7.03. The molecule has 2 heterocycles. The van der Waals surface area contributed by atoms with Gasteiger partial charge in [-0.1, -0.05) is 75.9 Å². The monoisotopic (exact) mass is 738 g/mol. The lowest BCUT2D eigenvalue weighted by Crippen LogP contribution is -2.44. The Hall–Kier alpha value is -3.90. The Kier molecular flexibility index (Phi) is 20.1. The van der Waals surface area contributed by atoms with E-state index in [1.165, 1.54) is 24.8 Å². The third-order valence-electron chi connectivity index (χ3n) is 9.64. The van der Waals surface area contributed by atoms with Gasteiger partial charge in [-0.05, 0) is 94.2 Å². The zero-order valence-corrected chi connectivity index (χ0v) is 33.2. The number of urea groups is 1. The van der Waals surface area contributed by atoms with E-state index >= 15 is 0 Å². The highest BCUT2D eigenvalue weighted by Crippen LogP contribution is 2.34. The van der Waals surface area contributed by atoms with Gasteiger partial charge in [0.15, 0.2) is 0 Å². The third kappa shape index (κ3) is 14.3. The highest BCUT2D eigenvalue weighted by Gasteiger charge is 2.30. The Bertz CT molecular complexity index is 1410. The molecule has 3 N–H and O–H groups in total. The average Bonchev–Trinajstić information content (AvgIpc) is 3.14. The van der Waals surface area contributed by atoms with Crippen molar-refractivity contribution in [1.82, 2.24) is 24.7 Å². The maximum atomic E-state index is 13.2. The molecule has 12 heteroatoms. The van der Waals surface area contributed by atoms with E-state index in [1.54, 1.807) is 5.32 Å². The molecule has 2 saturated heterocycles. The summed E-state index contributed by atoms with van der Waals surface area (Å²) in [5.74, 6) is 0.777. The Morgan fingerprint density at radius 3 is 2.33 bits per heavy atom. The van der Waals surface area contributed by atoms with Gasteiger partial charge in [-0.15, -0.1) is 0 Å². The first-order valence-electron chi connectivity index (χ1n) is 18.8. The van der Waals surface area contributed by atoms with E-state index in [2.05, 4.69) is 67.8 Å². The van der Waals surface area contributed by atoms with Crippen molar-refractivity contribution in [3.63, 3.8) is 0 Å². The smallest absolute Gasteiger partial charge is 0.321 e. The van der Waals surface area contributed by atoms with Gasteiger partial charge in [-0.2, -0.15) is 0 Å². The van der Waals surface area contributed by atoms with Crippen molar-refractivity contribution in [1.29, 1.82) is 0 Å². The summed E-state index contributed by atoms with van der Waals surface area (Å²) in [7, 11) is 0. The summed E-state index contributed by atoms with van der Waals surface area (Å²) in [6, 6.07) is 14.3. The number of hydrogen-bond acceptors (Lipinski definition) is 7. The zero-order valence-electron chi connectivity index (χ0n) is 32.4. The molecule has 0 bridgehead atoms. The highest BCUT2D eigenvalue weighted by atomic mass is 32.2. The van der Waals surface area contributed by atoms with E-state index in [0.29, 0.717) is 51.8 Å². The normalized spacial score (nSPS) is 16.1. The van der Waals surface area contributed by atoms with Crippen molar-refractivity contribution >= 4 is 48.8 Å². The van der Waals surface area contributed by atoms with Crippen molar-refractivity contribution in [2.24, 2.45) is 5.92 Å². The molecule has 2 aliphatic heterocycles. The van der Waals surface area contributed by atoms with Crippen LogP contribution in [0.4, 0.5) is 10.5 Å². The van der Waals surface area contributed by atoms with Gasteiger partial charge >= 0.3 is 6.03 Å². The standard InChI is InChI=1S/C36H53N5O3S.C2H3NO2.C2H6/c1-6-11-28(3)40(26-42)24-33-27(2)12-9-14-31(33)23-37-34(43)30-16-20-39(21-17-30)35(44)38-32-15-10-13-29(22-32)25-45-41-19-8-7-18-36(41,4)5;4-1-3-2-5;1-2/h9-10,12-15,22,26,28,30H,6-8,11,16-21,23-25H2,1-5H3,(H,37,43)(H,38,44);1-2H,(H,3,4,5);1-2H3. The summed E-state index contributed by atoms with van der Waals surface area (Å²) in [6.07, 6.45) is 8.57. The molecule has 0 saturated carbocycles. The van der Waals surface area contributed by atoms with Gasteiger partial charge in [0.05, 0.1) is 0 Å². The Morgan fingerprint density at radius 2 is 1.71 bits per heavy atom. The van der Waals surface area contributed by atoms with E-state index in [1.807, 2.05) is 59.9 Å². The first-order chi connectivity index (χ1) is 25.0. The van der Waals surface area contributed by atoms with Crippen LogP contribution in [0, 0.1) is 12.8 Å². The van der Waals surface area contributed by atoms with Crippen LogP contribution in [-0.4, -0.2) is 76.5 Å². The minimum atomic E-state index is -0.127. The van der Waals surface area contributed by atoms with Crippen LogP contribution in [0.5, 0.6) is 0 Å². The number of nitrogens with zero attached hydrogens (tertiary/aromatic N) is 3. The number of anilines is 1.